The molecule has 2 unspecified atom stereocenters. The van der Waals surface area contributed by atoms with Gasteiger partial charge in [-0.25, -0.2) is 0 Å². The third-order valence-electron chi connectivity index (χ3n) is 3.48. The molecule has 0 aromatic carbocycles. The second-order valence-corrected chi connectivity index (χ2v) is 4.95. The maximum atomic E-state index is 11.9. The molecule has 0 spiro atoms. The van der Waals surface area contributed by atoms with Crippen molar-refractivity contribution in [2.45, 2.75) is 20.8 Å². The predicted molar refractivity (Wildman–Crippen MR) is 59.8 cm³/mol. The summed E-state index contributed by atoms with van der Waals surface area (Å²) in [6, 6.07) is 0. The molecule has 0 heterocycles. The highest BCUT2D eigenvalue weighted by atomic mass is 16.4. The molecule has 1 rings (SSSR count). The Hall–Kier alpha value is -1.72. The minimum atomic E-state index is -1.29. The quantitative estimate of drug-likeness (QED) is 0.739. The minimum absolute atomic E-state index is 0.410. The van der Waals surface area contributed by atoms with Crippen LogP contribution in [0, 0.1) is 29.6 Å². The summed E-state index contributed by atoms with van der Waals surface area (Å²) in [6.07, 6.45) is 0. The maximum Gasteiger partial charge on any atom is 0.308 e. The van der Waals surface area contributed by atoms with E-state index in [1.165, 1.54) is 0 Å². The highest BCUT2D eigenvalue weighted by molar-refractivity contribution is 6.00. The molecule has 2 atom stereocenters. The first-order valence-corrected chi connectivity index (χ1v) is 5.70. The maximum absolute atomic E-state index is 11.9. The number of carbonyl (C=O) groups excluding carboxylic acids is 2. The van der Waals surface area contributed by atoms with Crippen LogP contribution in [0.1, 0.15) is 20.8 Å². The second kappa shape index (κ2) is 4.88. The molecular weight excluding hydrogens is 240 g/mol. The van der Waals surface area contributed by atoms with Gasteiger partial charge in [-0.15, -0.1) is 0 Å². The number of hydrogen-bond acceptors (Lipinski definition) is 4. The lowest BCUT2D eigenvalue weighted by molar-refractivity contribution is -0.180. The lowest BCUT2D eigenvalue weighted by Gasteiger charge is -2.45. The van der Waals surface area contributed by atoms with Crippen LogP contribution < -0.4 is 0 Å². The molecule has 0 radical (unpaired) electrons. The minimum Gasteiger partial charge on any atom is -0.481 e. The van der Waals surface area contributed by atoms with Gasteiger partial charge >= 0.3 is 11.9 Å². The smallest absolute Gasteiger partial charge is 0.308 e. The first kappa shape index (κ1) is 14.3. The van der Waals surface area contributed by atoms with Crippen LogP contribution in [0.5, 0.6) is 0 Å². The Morgan fingerprint density at radius 1 is 0.833 bits per heavy atom. The Morgan fingerprint density at radius 3 is 1.44 bits per heavy atom. The summed E-state index contributed by atoms with van der Waals surface area (Å²) in [5.74, 6) is -8.56. The largest absolute Gasteiger partial charge is 0.481 e. The summed E-state index contributed by atoms with van der Waals surface area (Å²) in [4.78, 5) is 45.5. The lowest BCUT2D eigenvalue weighted by Crippen LogP contribution is -2.60. The van der Waals surface area contributed by atoms with Crippen molar-refractivity contribution < 1.29 is 29.4 Å². The van der Waals surface area contributed by atoms with Crippen molar-refractivity contribution in [1.82, 2.24) is 0 Å². The molecule has 18 heavy (non-hydrogen) atoms. The van der Waals surface area contributed by atoms with Gasteiger partial charge in [0.1, 0.15) is 11.6 Å². The topological polar surface area (TPSA) is 109 Å². The van der Waals surface area contributed by atoms with Gasteiger partial charge in [0.25, 0.3) is 0 Å². The van der Waals surface area contributed by atoms with Crippen LogP contribution in [0.15, 0.2) is 0 Å². The highest BCUT2D eigenvalue weighted by Gasteiger charge is 2.62. The van der Waals surface area contributed by atoms with Gasteiger partial charge in [-0.3, -0.25) is 19.2 Å². The van der Waals surface area contributed by atoms with Gasteiger partial charge in [0.2, 0.25) is 0 Å². The van der Waals surface area contributed by atoms with Gasteiger partial charge in [0.05, 0.1) is 11.8 Å². The summed E-state index contributed by atoms with van der Waals surface area (Å²) in [5.41, 5.74) is 0. The normalized spacial score (nSPS) is 30.7. The average Bonchev–Trinajstić information content (AvgIpc) is 2.13. The van der Waals surface area contributed by atoms with Crippen molar-refractivity contribution in [3.63, 3.8) is 0 Å². The molecule has 0 amide bonds. The fourth-order valence-corrected chi connectivity index (χ4v) is 2.61. The molecule has 1 fully saturated rings. The molecule has 6 heteroatoms. The predicted octanol–water partition coefficient (Wildman–Crippen LogP) is 0.448. The average molecular weight is 256 g/mol. The second-order valence-electron chi connectivity index (χ2n) is 4.95. The van der Waals surface area contributed by atoms with Crippen molar-refractivity contribution in [3.05, 3.63) is 0 Å². The van der Waals surface area contributed by atoms with Crippen molar-refractivity contribution in [1.29, 1.82) is 0 Å². The number of carboxylic acid groups (broad SMARTS) is 2. The highest BCUT2D eigenvalue weighted by Crippen LogP contribution is 2.48. The van der Waals surface area contributed by atoms with Crippen LogP contribution in [0.3, 0.4) is 0 Å². The van der Waals surface area contributed by atoms with E-state index < -0.39 is 53.1 Å². The number of rotatable bonds is 5. The molecule has 1 saturated carbocycles. The van der Waals surface area contributed by atoms with Crippen molar-refractivity contribution in [2.24, 2.45) is 29.6 Å². The molecule has 2 N–H and O–H groups in total. The van der Waals surface area contributed by atoms with E-state index >= 15 is 0 Å². The van der Waals surface area contributed by atoms with Gasteiger partial charge in [-0.2, -0.15) is 0 Å². The van der Waals surface area contributed by atoms with Crippen molar-refractivity contribution in [2.75, 3.05) is 0 Å². The van der Waals surface area contributed by atoms with E-state index in [0.717, 1.165) is 6.92 Å². The van der Waals surface area contributed by atoms with Gasteiger partial charge in [0.15, 0.2) is 0 Å². The molecule has 0 aromatic heterocycles. The fraction of sp³-hybridized carbons (Fsp3) is 0.667. The van der Waals surface area contributed by atoms with E-state index in [4.69, 9.17) is 10.2 Å². The molecule has 1 aliphatic carbocycles. The zero-order valence-corrected chi connectivity index (χ0v) is 10.4. The van der Waals surface area contributed by atoms with Crippen LogP contribution in [-0.2, 0) is 19.2 Å². The Balaban J connectivity index is 3.13. The van der Waals surface area contributed by atoms with E-state index in [-0.39, 0.29) is 0 Å². The number of ketones is 2. The van der Waals surface area contributed by atoms with Gasteiger partial charge in [0, 0.05) is 17.8 Å². The molecule has 1 aliphatic rings. The van der Waals surface area contributed by atoms with Crippen molar-refractivity contribution >= 4 is 23.5 Å². The Bertz CT molecular complexity index is 389. The van der Waals surface area contributed by atoms with Crippen LogP contribution in [0.2, 0.25) is 0 Å². The molecule has 6 nitrogen and oxygen atoms in total. The number of aliphatic carboxylic acids is 2. The Kier molecular flexibility index (Phi) is 3.88. The third kappa shape index (κ3) is 2.14. The number of carbonyl (C=O) groups is 4. The third-order valence-corrected chi connectivity index (χ3v) is 3.48. The molecule has 0 saturated heterocycles. The Morgan fingerprint density at radius 2 is 1.22 bits per heavy atom. The number of hydrogen-bond donors (Lipinski definition) is 2. The summed E-state index contributed by atoms with van der Waals surface area (Å²) >= 11 is 0. The molecule has 0 aliphatic heterocycles. The first-order chi connectivity index (χ1) is 8.20. The fourth-order valence-electron chi connectivity index (χ4n) is 2.61. The lowest BCUT2D eigenvalue weighted by atomic mass is 9.53. The zero-order valence-electron chi connectivity index (χ0n) is 10.4. The van der Waals surface area contributed by atoms with Gasteiger partial charge < -0.3 is 10.2 Å². The van der Waals surface area contributed by atoms with Gasteiger partial charge in [-0.1, -0.05) is 13.8 Å². The van der Waals surface area contributed by atoms with Crippen LogP contribution in [-0.4, -0.2) is 33.7 Å². The zero-order chi connectivity index (χ0) is 14.2. The number of carboxylic acids is 2. The van der Waals surface area contributed by atoms with E-state index in [1.54, 1.807) is 13.8 Å². The Labute approximate surface area is 104 Å². The van der Waals surface area contributed by atoms with E-state index in [0.29, 0.717) is 0 Å². The molecular formula is C12H16O6. The summed E-state index contributed by atoms with van der Waals surface area (Å²) in [6.45, 7) is 4.33. The molecule has 0 aromatic rings. The number of Topliss-reactive ketones (excluding diaryl/α,β-unsaturated/α-hetero) is 2. The van der Waals surface area contributed by atoms with E-state index in [2.05, 4.69) is 0 Å². The SMILES string of the molecule is CC(=O)C1C(C(=O)O)C(C(=O)C(C)C)C1C(=O)O. The van der Waals surface area contributed by atoms with E-state index in [1.807, 2.05) is 0 Å². The van der Waals surface area contributed by atoms with Crippen LogP contribution in [0.25, 0.3) is 0 Å². The monoisotopic (exact) mass is 256 g/mol. The van der Waals surface area contributed by atoms with Crippen LogP contribution >= 0.6 is 0 Å². The van der Waals surface area contributed by atoms with E-state index in [9.17, 15) is 19.2 Å². The summed E-state index contributed by atoms with van der Waals surface area (Å²) in [7, 11) is 0. The van der Waals surface area contributed by atoms with Crippen molar-refractivity contribution in [3.8, 4) is 0 Å². The molecule has 0 bridgehead atoms. The summed E-state index contributed by atoms with van der Waals surface area (Å²) in [5, 5.41) is 18.1. The first-order valence-electron chi connectivity index (χ1n) is 5.70. The van der Waals surface area contributed by atoms with Crippen LogP contribution in [0.4, 0.5) is 0 Å². The van der Waals surface area contributed by atoms with Gasteiger partial charge in [-0.05, 0) is 6.92 Å². The summed E-state index contributed by atoms with van der Waals surface area (Å²) < 4.78 is 0. The standard InChI is InChI=1S/C12H16O6/c1-4(2)10(14)7-8(11(15)16)6(5(3)13)9(7)12(17)18/h4,6-9H,1-3H3,(H,15,16)(H,17,18). The molecule has 100 valence electrons.